The summed E-state index contributed by atoms with van der Waals surface area (Å²) in [6, 6.07) is 2.87. The van der Waals surface area contributed by atoms with Gasteiger partial charge < -0.3 is 11.1 Å². The topological polar surface area (TPSA) is 55.1 Å². The average Bonchev–Trinajstić information content (AvgIpc) is 3.06. The highest BCUT2D eigenvalue weighted by Crippen LogP contribution is 2.35. The molecule has 2 unspecified atom stereocenters. The summed E-state index contributed by atoms with van der Waals surface area (Å²) in [6.07, 6.45) is -1.54. The van der Waals surface area contributed by atoms with Gasteiger partial charge >= 0.3 is 6.18 Å². The summed E-state index contributed by atoms with van der Waals surface area (Å²) >= 11 is 0. The molecule has 1 aromatic rings. The van der Waals surface area contributed by atoms with Gasteiger partial charge in [-0.1, -0.05) is 13.3 Å². The summed E-state index contributed by atoms with van der Waals surface area (Å²) in [6.45, 7) is 2.06. The smallest absolute Gasteiger partial charge is 0.398 e. The van der Waals surface area contributed by atoms with E-state index in [-0.39, 0.29) is 17.3 Å². The summed E-state index contributed by atoms with van der Waals surface area (Å²) in [5.41, 5.74) is 4.68. The van der Waals surface area contributed by atoms with Crippen LogP contribution >= 0.6 is 0 Å². The first-order valence-electron chi connectivity index (χ1n) is 6.60. The molecule has 3 N–H and O–H groups in total. The monoisotopic (exact) mass is 286 g/mol. The third-order valence-electron chi connectivity index (χ3n) is 3.52. The zero-order chi connectivity index (χ0) is 14.9. The molecule has 0 bridgehead atoms. The van der Waals surface area contributed by atoms with E-state index in [4.69, 9.17) is 5.73 Å². The molecule has 20 heavy (non-hydrogen) atoms. The average molecular weight is 286 g/mol. The Balaban J connectivity index is 2.10. The Bertz CT molecular complexity index is 514. The molecule has 2 atom stereocenters. The summed E-state index contributed by atoms with van der Waals surface area (Å²) in [5, 5.41) is 2.74. The molecular weight excluding hydrogens is 269 g/mol. The maximum atomic E-state index is 12.6. The third kappa shape index (κ3) is 3.23. The lowest BCUT2D eigenvalue weighted by molar-refractivity contribution is -0.137. The molecule has 2 rings (SSSR count). The van der Waals surface area contributed by atoms with E-state index in [9.17, 15) is 18.0 Å². The highest BCUT2D eigenvalue weighted by Gasteiger charge is 2.38. The van der Waals surface area contributed by atoms with Crippen molar-refractivity contribution in [2.45, 2.75) is 38.4 Å². The number of benzene rings is 1. The number of amides is 1. The summed E-state index contributed by atoms with van der Waals surface area (Å²) < 4.78 is 37.9. The number of nitrogen functional groups attached to an aromatic ring is 1. The van der Waals surface area contributed by atoms with E-state index in [0.29, 0.717) is 5.92 Å². The molecule has 0 aromatic heterocycles. The van der Waals surface area contributed by atoms with Gasteiger partial charge in [-0.2, -0.15) is 13.2 Å². The first-order chi connectivity index (χ1) is 9.32. The Hall–Kier alpha value is -1.72. The lowest BCUT2D eigenvalue weighted by Crippen LogP contribution is -2.28. The van der Waals surface area contributed by atoms with E-state index < -0.39 is 17.6 Å². The minimum absolute atomic E-state index is 0.0585. The molecular formula is C14H17F3N2O. The van der Waals surface area contributed by atoms with Crippen LogP contribution in [0, 0.1) is 5.92 Å². The quantitative estimate of drug-likeness (QED) is 0.835. The van der Waals surface area contributed by atoms with Gasteiger partial charge in [0.15, 0.2) is 0 Å². The van der Waals surface area contributed by atoms with Crippen molar-refractivity contribution in [1.29, 1.82) is 0 Å². The Labute approximate surface area is 115 Å². The second-order valence-electron chi connectivity index (χ2n) is 5.16. The van der Waals surface area contributed by atoms with Gasteiger partial charge in [0.2, 0.25) is 0 Å². The number of rotatable bonds is 4. The second kappa shape index (κ2) is 5.34. The molecule has 6 heteroatoms. The number of hydrogen-bond acceptors (Lipinski definition) is 2. The number of nitrogens with two attached hydrogens (primary N) is 1. The highest BCUT2D eigenvalue weighted by molar-refractivity contribution is 5.99. The van der Waals surface area contributed by atoms with Crippen LogP contribution in [0.1, 0.15) is 42.1 Å². The molecule has 1 amide bonds. The molecule has 110 valence electrons. The molecule has 1 aliphatic carbocycles. The first kappa shape index (κ1) is 14.7. The Morgan fingerprint density at radius 2 is 2.15 bits per heavy atom. The first-order valence-corrected chi connectivity index (χ1v) is 6.60. The zero-order valence-electron chi connectivity index (χ0n) is 11.1. The standard InChI is InChI=1S/C14H17F3N2O/c1-2-3-8-6-12(8)19-13(20)10-7-9(14(15,16)17)4-5-11(10)18/h4-5,7-8,12H,2-3,6,18H2,1H3,(H,19,20). The molecule has 1 aromatic carbocycles. The molecule has 0 aliphatic heterocycles. The van der Waals surface area contributed by atoms with Gasteiger partial charge in [0.05, 0.1) is 11.1 Å². The van der Waals surface area contributed by atoms with Crippen molar-refractivity contribution in [3.05, 3.63) is 29.3 Å². The lowest BCUT2D eigenvalue weighted by Gasteiger charge is -2.11. The number of hydrogen-bond donors (Lipinski definition) is 2. The number of carbonyl (C=O) groups is 1. The van der Waals surface area contributed by atoms with Crippen molar-refractivity contribution >= 4 is 11.6 Å². The fourth-order valence-electron chi connectivity index (χ4n) is 2.29. The Kier molecular flexibility index (Phi) is 3.92. The van der Waals surface area contributed by atoms with Gasteiger partial charge in [-0.05, 0) is 37.0 Å². The maximum Gasteiger partial charge on any atom is 0.416 e. The molecule has 0 heterocycles. The normalized spacial score (nSPS) is 21.6. The molecule has 3 nitrogen and oxygen atoms in total. The van der Waals surface area contributed by atoms with Crippen LogP contribution in [0.3, 0.4) is 0 Å². The van der Waals surface area contributed by atoms with E-state index in [1.54, 1.807) is 0 Å². The van der Waals surface area contributed by atoms with Crippen LogP contribution in [-0.4, -0.2) is 11.9 Å². The fourth-order valence-corrected chi connectivity index (χ4v) is 2.29. The van der Waals surface area contributed by atoms with E-state index in [1.165, 1.54) is 0 Å². The van der Waals surface area contributed by atoms with Crippen LogP contribution in [0.15, 0.2) is 18.2 Å². The maximum absolute atomic E-state index is 12.6. The van der Waals surface area contributed by atoms with Crippen LogP contribution < -0.4 is 11.1 Å². The molecule has 0 saturated heterocycles. The fraction of sp³-hybridized carbons (Fsp3) is 0.500. The highest BCUT2D eigenvalue weighted by atomic mass is 19.4. The largest absolute Gasteiger partial charge is 0.416 e. The predicted octanol–water partition coefficient (Wildman–Crippen LogP) is 3.21. The molecule has 1 aliphatic rings. The van der Waals surface area contributed by atoms with Crippen molar-refractivity contribution in [2.75, 3.05) is 5.73 Å². The van der Waals surface area contributed by atoms with Crippen LogP contribution in [-0.2, 0) is 6.18 Å². The Morgan fingerprint density at radius 3 is 2.75 bits per heavy atom. The van der Waals surface area contributed by atoms with E-state index in [2.05, 4.69) is 12.2 Å². The van der Waals surface area contributed by atoms with Gasteiger partial charge in [0, 0.05) is 11.7 Å². The minimum Gasteiger partial charge on any atom is -0.398 e. The summed E-state index contributed by atoms with van der Waals surface area (Å²) in [7, 11) is 0. The number of anilines is 1. The third-order valence-corrected chi connectivity index (χ3v) is 3.52. The molecule has 1 saturated carbocycles. The number of nitrogens with one attached hydrogen (secondary N) is 1. The van der Waals surface area contributed by atoms with Crippen molar-refractivity contribution in [2.24, 2.45) is 5.92 Å². The molecule has 1 fully saturated rings. The van der Waals surface area contributed by atoms with Gasteiger partial charge in [0.1, 0.15) is 0 Å². The van der Waals surface area contributed by atoms with Crippen molar-refractivity contribution in [1.82, 2.24) is 5.32 Å². The van der Waals surface area contributed by atoms with Crippen LogP contribution in [0.2, 0.25) is 0 Å². The van der Waals surface area contributed by atoms with Gasteiger partial charge in [-0.25, -0.2) is 0 Å². The van der Waals surface area contributed by atoms with E-state index in [0.717, 1.165) is 37.5 Å². The van der Waals surface area contributed by atoms with Crippen LogP contribution in [0.5, 0.6) is 0 Å². The van der Waals surface area contributed by atoms with Gasteiger partial charge in [-0.3, -0.25) is 4.79 Å². The lowest BCUT2D eigenvalue weighted by atomic mass is 10.1. The van der Waals surface area contributed by atoms with Crippen molar-refractivity contribution in [3.63, 3.8) is 0 Å². The summed E-state index contributed by atoms with van der Waals surface area (Å²) in [5.74, 6) is -0.0897. The van der Waals surface area contributed by atoms with Crippen LogP contribution in [0.4, 0.5) is 18.9 Å². The van der Waals surface area contributed by atoms with Crippen molar-refractivity contribution < 1.29 is 18.0 Å². The Morgan fingerprint density at radius 1 is 1.45 bits per heavy atom. The van der Waals surface area contributed by atoms with Crippen molar-refractivity contribution in [3.8, 4) is 0 Å². The van der Waals surface area contributed by atoms with Crippen LogP contribution in [0.25, 0.3) is 0 Å². The summed E-state index contributed by atoms with van der Waals surface area (Å²) in [4.78, 5) is 12.0. The van der Waals surface area contributed by atoms with E-state index >= 15 is 0 Å². The minimum atomic E-state index is -4.48. The second-order valence-corrected chi connectivity index (χ2v) is 5.16. The zero-order valence-corrected chi connectivity index (χ0v) is 11.1. The number of halogens is 3. The molecule has 0 radical (unpaired) electrons. The van der Waals surface area contributed by atoms with Gasteiger partial charge in [-0.15, -0.1) is 0 Å². The number of alkyl halides is 3. The van der Waals surface area contributed by atoms with E-state index in [1.807, 2.05) is 0 Å². The number of carbonyl (C=O) groups excluding carboxylic acids is 1. The SMILES string of the molecule is CCCC1CC1NC(=O)c1cc(C(F)(F)F)ccc1N. The molecule has 0 spiro atoms. The predicted molar refractivity (Wildman–Crippen MR) is 70.1 cm³/mol. The van der Waals surface area contributed by atoms with Gasteiger partial charge in [0.25, 0.3) is 5.91 Å².